The fraction of sp³-hybridized carbons (Fsp3) is 0.211. The fourth-order valence-corrected chi connectivity index (χ4v) is 2.92. The van der Waals surface area contributed by atoms with Crippen LogP contribution in [0.4, 0.5) is 9.18 Å². The van der Waals surface area contributed by atoms with Gasteiger partial charge >= 0.3 is 12.0 Å². The molecule has 28 heavy (non-hydrogen) atoms. The van der Waals surface area contributed by atoms with E-state index in [-0.39, 0.29) is 12.4 Å². The average Bonchev–Trinajstić information content (AvgIpc) is 3.10. The van der Waals surface area contributed by atoms with Crippen LogP contribution in [0.5, 0.6) is 5.75 Å². The molecule has 1 aliphatic rings. The number of rotatable bonds is 6. The van der Waals surface area contributed by atoms with Gasteiger partial charge < -0.3 is 20.9 Å². The van der Waals surface area contributed by atoms with Gasteiger partial charge in [-0.2, -0.15) is 5.10 Å². The highest BCUT2D eigenvalue weighted by molar-refractivity contribution is 5.75. The molecular weight excluding hydrogens is 367 g/mol. The van der Waals surface area contributed by atoms with Gasteiger partial charge in [-0.25, -0.2) is 9.18 Å². The minimum absolute atomic E-state index is 0.0783. The summed E-state index contributed by atoms with van der Waals surface area (Å²) in [6.45, 7) is 1.81. The van der Waals surface area contributed by atoms with Crippen LogP contribution in [0.3, 0.4) is 0 Å². The lowest BCUT2D eigenvalue weighted by Gasteiger charge is -2.26. The summed E-state index contributed by atoms with van der Waals surface area (Å²) in [5.74, 6) is -1.88. The van der Waals surface area contributed by atoms with Crippen LogP contribution >= 0.6 is 0 Å². The third kappa shape index (κ3) is 4.20. The van der Waals surface area contributed by atoms with Crippen LogP contribution in [-0.4, -0.2) is 33.8 Å². The summed E-state index contributed by atoms with van der Waals surface area (Å²) >= 11 is 0. The molecule has 1 aromatic carbocycles. The number of carboxylic acids is 1. The first kappa shape index (κ1) is 19.2. The van der Waals surface area contributed by atoms with Crippen LogP contribution in [0.1, 0.15) is 6.92 Å². The minimum atomic E-state index is -1.01. The topological polar surface area (TPSA) is 130 Å². The predicted molar refractivity (Wildman–Crippen MR) is 98.7 cm³/mol. The molecule has 1 heterocycles. The summed E-state index contributed by atoms with van der Waals surface area (Å²) in [7, 11) is 0. The number of nitrogens with two attached hydrogens (primary N) is 1. The van der Waals surface area contributed by atoms with E-state index >= 15 is 0 Å². The maximum absolute atomic E-state index is 13.2. The van der Waals surface area contributed by atoms with E-state index in [4.69, 9.17) is 10.5 Å². The Kier molecular flexibility index (Phi) is 5.44. The summed E-state index contributed by atoms with van der Waals surface area (Å²) in [4.78, 5) is 22.6. The SMILES string of the molecule is CC1C(Oc2c[nH]nc2-c2ccc(F)cc2)=CC(CNC(N)=O)=CC1C(=O)O. The molecular formula is C19H19FN4O4. The zero-order valence-electron chi connectivity index (χ0n) is 15.0. The minimum Gasteiger partial charge on any atom is -0.481 e. The van der Waals surface area contributed by atoms with Crippen molar-refractivity contribution in [3.05, 3.63) is 59.8 Å². The molecule has 0 aliphatic heterocycles. The molecule has 0 spiro atoms. The number of ether oxygens (including phenoxy) is 1. The number of amides is 2. The Morgan fingerprint density at radius 3 is 2.71 bits per heavy atom. The van der Waals surface area contributed by atoms with E-state index in [1.54, 1.807) is 31.2 Å². The Balaban J connectivity index is 1.89. The molecule has 5 N–H and O–H groups in total. The molecule has 3 rings (SSSR count). The quantitative estimate of drug-likeness (QED) is 0.606. The monoisotopic (exact) mass is 386 g/mol. The summed E-state index contributed by atoms with van der Waals surface area (Å²) in [6.07, 6.45) is 4.76. The number of allylic oxidation sites excluding steroid dienone is 1. The van der Waals surface area contributed by atoms with E-state index in [1.807, 2.05) is 0 Å². The van der Waals surface area contributed by atoms with Crippen LogP contribution < -0.4 is 15.8 Å². The van der Waals surface area contributed by atoms with Crippen molar-refractivity contribution < 1.29 is 23.8 Å². The number of aliphatic carboxylic acids is 1. The molecule has 8 nitrogen and oxygen atoms in total. The molecule has 0 radical (unpaired) electrons. The Hall–Kier alpha value is -3.62. The van der Waals surface area contributed by atoms with Crippen molar-refractivity contribution >= 4 is 12.0 Å². The van der Waals surface area contributed by atoms with Gasteiger partial charge in [0.05, 0.1) is 12.1 Å². The molecule has 146 valence electrons. The molecule has 0 saturated heterocycles. The number of nitrogens with zero attached hydrogens (tertiary/aromatic N) is 1. The molecule has 2 aromatic rings. The van der Waals surface area contributed by atoms with Crippen LogP contribution in [0.15, 0.2) is 53.9 Å². The van der Waals surface area contributed by atoms with Crippen molar-refractivity contribution in [1.29, 1.82) is 0 Å². The number of nitrogens with one attached hydrogen (secondary N) is 2. The number of H-pyrrole nitrogens is 1. The second-order valence-electron chi connectivity index (χ2n) is 6.37. The summed E-state index contributed by atoms with van der Waals surface area (Å²) < 4.78 is 19.1. The number of carboxylic acid groups (broad SMARTS) is 1. The zero-order valence-corrected chi connectivity index (χ0v) is 15.0. The number of carbonyl (C=O) groups excluding carboxylic acids is 1. The molecule has 0 bridgehead atoms. The lowest BCUT2D eigenvalue weighted by molar-refractivity contribution is -0.141. The number of urea groups is 1. The predicted octanol–water partition coefficient (Wildman–Crippen LogP) is 2.42. The van der Waals surface area contributed by atoms with E-state index in [1.165, 1.54) is 18.3 Å². The van der Waals surface area contributed by atoms with E-state index < -0.39 is 23.8 Å². The van der Waals surface area contributed by atoms with Crippen molar-refractivity contribution in [2.75, 3.05) is 6.54 Å². The second-order valence-corrected chi connectivity index (χ2v) is 6.37. The van der Waals surface area contributed by atoms with Gasteiger partial charge in [0.25, 0.3) is 0 Å². The first-order chi connectivity index (χ1) is 13.3. The molecule has 1 aliphatic carbocycles. The third-order valence-corrected chi connectivity index (χ3v) is 4.41. The highest BCUT2D eigenvalue weighted by atomic mass is 19.1. The number of halogens is 1. The standard InChI is InChI=1S/C19H19FN4O4/c1-10-14(18(25)26)6-11(8-22-19(21)27)7-15(10)28-16-9-23-24-17(16)12-2-4-13(20)5-3-12/h2-7,9-10,14H,8H2,1H3,(H,23,24)(H,25,26)(H3,21,22,27). The Morgan fingerprint density at radius 1 is 1.36 bits per heavy atom. The van der Waals surface area contributed by atoms with Gasteiger partial charge in [-0.1, -0.05) is 13.0 Å². The molecule has 0 saturated carbocycles. The highest BCUT2D eigenvalue weighted by Crippen LogP contribution is 2.34. The third-order valence-electron chi connectivity index (χ3n) is 4.41. The van der Waals surface area contributed by atoms with Crippen molar-refractivity contribution in [1.82, 2.24) is 15.5 Å². The van der Waals surface area contributed by atoms with Crippen molar-refractivity contribution in [2.24, 2.45) is 17.6 Å². The molecule has 2 unspecified atom stereocenters. The number of primary amides is 1. The number of hydrogen-bond donors (Lipinski definition) is 4. The molecule has 0 fully saturated rings. The molecule has 9 heteroatoms. The second kappa shape index (κ2) is 7.95. The van der Waals surface area contributed by atoms with Gasteiger partial charge in [0.15, 0.2) is 5.75 Å². The van der Waals surface area contributed by atoms with Gasteiger partial charge in [0, 0.05) is 18.0 Å². The van der Waals surface area contributed by atoms with Gasteiger partial charge in [-0.15, -0.1) is 0 Å². The smallest absolute Gasteiger partial charge is 0.312 e. The molecule has 2 atom stereocenters. The Bertz CT molecular complexity index is 949. The van der Waals surface area contributed by atoms with E-state index in [0.29, 0.717) is 28.3 Å². The van der Waals surface area contributed by atoms with Crippen LogP contribution in [-0.2, 0) is 4.79 Å². The maximum atomic E-state index is 13.2. The van der Waals surface area contributed by atoms with Gasteiger partial charge in [0.2, 0.25) is 0 Å². The average molecular weight is 386 g/mol. The van der Waals surface area contributed by atoms with Gasteiger partial charge in [-0.05, 0) is 35.9 Å². The largest absolute Gasteiger partial charge is 0.481 e. The summed E-state index contributed by atoms with van der Waals surface area (Å²) in [6, 6.07) is 5.05. The lowest BCUT2D eigenvalue weighted by atomic mass is 9.85. The fourth-order valence-electron chi connectivity index (χ4n) is 2.92. The number of aromatic nitrogens is 2. The van der Waals surface area contributed by atoms with Crippen molar-refractivity contribution in [2.45, 2.75) is 6.92 Å². The molecule has 1 aromatic heterocycles. The van der Waals surface area contributed by atoms with Crippen molar-refractivity contribution in [3.63, 3.8) is 0 Å². The lowest BCUT2D eigenvalue weighted by Crippen LogP contribution is -2.33. The van der Waals surface area contributed by atoms with Crippen molar-refractivity contribution in [3.8, 4) is 17.0 Å². The number of benzene rings is 1. The van der Waals surface area contributed by atoms with Gasteiger partial charge in [0.1, 0.15) is 17.3 Å². The number of carbonyl (C=O) groups is 2. The van der Waals surface area contributed by atoms with Crippen LogP contribution in [0, 0.1) is 17.7 Å². The van der Waals surface area contributed by atoms with Gasteiger partial charge in [-0.3, -0.25) is 9.89 Å². The van der Waals surface area contributed by atoms with Crippen LogP contribution in [0.25, 0.3) is 11.3 Å². The first-order valence-corrected chi connectivity index (χ1v) is 8.51. The van der Waals surface area contributed by atoms with E-state index in [0.717, 1.165) is 0 Å². The van der Waals surface area contributed by atoms with E-state index in [2.05, 4.69) is 15.5 Å². The Morgan fingerprint density at radius 2 is 2.07 bits per heavy atom. The molecule has 2 amide bonds. The van der Waals surface area contributed by atoms with E-state index in [9.17, 15) is 19.1 Å². The normalized spacial score (nSPS) is 18.8. The first-order valence-electron chi connectivity index (χ1n) is 8.51. The maximum Gasteiger partial charge on any atom is 0.312 e. The number of aromatic amines is 1. The van der Waals surface area contributed by atoms with Crippen LogP contribution in [0.2, 0.25) is 0 Å². The number of hydrogen-bond acceptors (Lipinski definition) is 4. The highest BCUT2D eigenvalue weighted by Gasteiger charge is 2.31. The summed E-state index contributed by atoms with van der Waals surface area (Å²) in [5, 5.41) is 18.8. The Labute approximate surface area is 159 Å². The zero-order chi connectivity index (χ0) is 20.3. The summed E-state index contributed by atoms with van der Waals surface area (Å²) in [5.41, 5.74) is 6.75.